The predicted octanol–water partition coefficient (Wildman–Crippen LogP) is 1.95. The van der Waals surface area contributed by atoms with Gasteiger partial charge < -0.3 is 14.3 Å². The fraction of sp³-hybridized carbons (Fsp3) is 0.833. The van der Waals surface area contributed by atoms with Crippen LogP contribution in [0.3, 0.4) is 0 Å². The smallest absolute Gasteiger partial charge is 0.412 e. The van der Waals surface area contributed by atoms with Crippen LogP contribution in [0.1, 0.15) is 40.5 Å². The maximum atomic E-state index is 12.0. The summed E-state index contributed by atoms with van der Waals surface area (Å²) in [5.41, 5.74) is -1.02. The Bertz CT molecular complexity index is 283. The minimum absolute atomic E-state index is 0.264. The Balaban J connectivity index is 2.57. The number of ether oxygens (including phenoxy) is 2. The van der Waals surface area contributed by atoms with Gasteiger partial charge >= 0.3 is 6.09 Å². The van der Waals surface area contributed by atoms with E-state index in [0.717, 1.165) is 6.29 Å². The summed E-state index contributed by atoms with van der Waals surface area (Å²) in [6.45, 7) is 8.31. The molecule has 98 valence electrons. The average Bonchev–Trinajstić information content (AvgIpc) is 2.43. The molecular weight excluding hydrogens is 222 g/mol. The molecule has 0 radical (unpaired) electrons. The van der Waals surface area contributed by atoms with Crippen molar-refractivity contribution in [2.24, 2.45) is 0 Å². The van der Waals surface area contributed by atoms with E-state index >= 15 is 0 Å². The Morgan fingerprint density at radius 1 is 1.41 bits per heavy atom. The van der Waals surface area contributed by atoms with Crippen molar-refractivity contribution in [2.45, 2.75) is 51.8 Å². The van der Waals surface area contributed by atoms with Gasteiger partial charge in [-0.2, -0.15) is 0 Å². The first-order chi connectivity index (χ1) is 7.81. The molecule has 0 unspecified atom stereocenters. The lowest BCUT2D eigenvalue weighted by Crippen LogP contribution is -2.52. The number of amides is 1. The molecule has 0 spiro atoms. The van der Waals surface area contributed by atoms with Crippen LogP contribution in [0.4, 0.5) is 4.79 Å². The summed E-state index contributed by atoms with van der Waals surface area (Å²) in [5, 5.41) is 0. The highest BCUT2D eigenvalue weighted by molar-refractivity contribution is 5.70. The van der Waals surface area contributed by atoms with E-state index in [1.807, 2.05) is 27.7 Å². The lowest BCUT2D eigenvalue weighted by molar-refractivity contribution is -0.108. The molecule has 5 nitrogen and oxygen atoms in total. The molecule has 1 heterocycles. The fourth-order valence-electron chi connectivity index (χ4n) is 2.07. The van der Waals surface area contributed by atoms with E-state index < -0.39 is 5.72 Å². The Labute approximate surface area is 102 Å². The first kappa shape index (κ1) is 14.0. The van der Waals surface area contributed by atoms with Crippen LogP contribution in [-0.4, -0.2) is 41.8 Å². The van der Waals surface area contributed by atoms with Crippen LogP contribution in [0.25, 0.3) is 0 Å². The van der Waals surface area contributed by atoms with Crippen molar-refractivity contribution in [3.05, 3.63) is 0 Å². The van der Waals surface area contributed by atoms with Crippen LogP contribution in [-0.2, 0) is 14.3 Å². The summed E-state index contributed by atoms with van der Waals surface area (Å²) in [7, 11) is 0. The van der Waals surface area contributed by atoms with Crippen molar-refractivity contribution in [3.8, 4) is 0 Å². The van der Waals surface area contributed by atoms with Gasteiger partial charge in [0, 0.05) is 6.42 Å². The second kappa shape index (κ2) is 5.04. The topological polar surface area (TPSA) is 55.8 Å². The van der Waals surface area contributed by atoms with Crippen LogP contribution in [0.5, 0.6) is 0 Å². The third kappa shape index (κ3) is 3.19. The van der Waals surface area contributed by atoms with Crippen LogP contribution in [0, 0.1) is 0 Å². The number of unbranched alkanes of at least 4 members (excludes halogenated alkanes) is 1. The van der Waals surface area contributed by atoms with Gasteiger partial charge in [-0.3, -0.25) is 4.90 Å². The Morgan fingerprint density at radius 2 is 2.06 bits per heavy atom. The summed E-state index contributed by atoms with van der Waals surface area (Å²) in [5.74, 6) is 0. The third-order valence-corrected chi connectivity index (χ3v) is 2.80. The van der Waals surface area contributed by atoms with Gasteiger partial charge in [-0.15, -0.1) is 0 Å². The molecule has 1 aliphatic heterocycles. The van der Waals surface area contributed by atoms with Crippen molar-refractivity contribution >= 4 is 12.4 Å². The Kier molecular flexibility index (Phi) is 4.14. The Morgan fingerprint density at radius 3 is 2.53 bits per heavy atom. The first-order valence-corrected chi connectivity index (χ1v) is 5.86. The van der Waals surface area contributed by atoms with E-state index in [9.17, 15) is 9.59 Å². The lowest BCUT2D eigenvalue weighted by Gasteiger charge is -2.36. The van der Waals surface area contributed by atoms with Gasteiger partial charge in [0.1, 0.15) is 12.0 Å². The lowest BCUT2D eigenvalue weighted by atomic mass is 10.0. The summed E-state index contributed by atoms with van der Waals surface area (Å²) in [6.07, 6.45) is 1.41. The fourth-order valence-corrected chi connectivity index (χ4v) is 2.07. The van der Waals surface area contributed by atoms with Gasteiger partial charge in [0.25, 0.3) is 0 Å². The van der Waals surface area contributed by atoms with Crippen LogP contribution in [0.15, 0.2) is 0 Å². The number of hydrogen-bond acceptors (Lipinski definition) is 4. The number of hydrogen-bond donors (Lipinski definition) is 0. The zero-order valence-electron chi connectivity index (χ0n) is 11.0. The molecule has 0 aromatic rings. The van der Waals surface area contributed by atoms with Crippen molar-refractivity contribution < 1.29 is 19.1 Å². The molecule has 1 fully saturated rings. The van der Waals surface area contributed by atoms with E-state index in [1.165, 1.54) is 0 Å². The SMILES string of the molecule is CC1(C)COC(C)(C)N1C(=O)OCCCC=O. The molecule has 0 bridgehead atoms. The Hall–Kier alpha value is -1.10. The number of aldehydes is 1. The summed E-state index contributed by atoms with van der Waals surface area (Å²) in [4.78, 5) is 23.7. The van der Waals surface area contributed by atoms with Crippen molar-refractivity contribution in [3.63, 3.8) is 0 Å². The number of nitrogens with zero attached hydrogens (tertiary/aromatic N) is 1. The number of carbonyl (C=O) groups excluding carboxylic acids is 2. The van der Waals surface area contributed by atoms with Gasteiger partial charge in [0.2, 0.25) is 0 Å². The van der Waals surface area contributed by atoms with Crippen LogP contribution in [0.2, 0.25) is 0 Å². The highest BCUT2D eigenvalue weighted by Crippen LogP contribution is 2.34. The molecule has 17 heavy (non-hydrogen) atoms. The summed E-state index contributed by atoms with van der Waals surface area (Å²) >= 11 is 0. The van der Waals surface area contributed by atoms with Crippen LogP contribution < -0.4 is 0 Å². The third-order valence-electron chi connectivity index (χ3n) is 2.80. The monoisotopic (exact) mass is 243 g/mol. The van der Waals surface area contributed by atoms with Gasteiger partial charge in [-0.1, -0.05) is 0 Å². The molecule has 1 saturated heterocycles. The minimum atomic E-state index is -0.648. The van der Waals surface area contributed by atoms with E-state index in [0.29, 0.717) is 19.4 Å². The molecule has 0 aliphatic carbocycles. The average molecular weight is 243 g/mol. The van der Waals surface area contributed by atoms with E-state index in [4.69, 9.17) is 9.47 Å². The summed E-state index contributed by atoms with van der Waals surface area (Å²) in [6, 6.07) is 0. The van der Waals surface area contributed by atoms with Gasteiger partial charge in [-0.05, 0) is 34.1 Å². The molecule has 5 heteroatoms. The molecular formula is C12H21NO4. The van der Waals surface area contributed by atoms with Gasteiger partial charge in [0.15, 0.2) is 0 Å². The maximum absolute atomic E-state index is 12.0. The zero-order chi connectivity index (χ0) is 13.1. The number of carbonyl (C=O) groups is 2. The second-order valence-electron chi connectivity index (χ2n) is 5.31. The molecule has 0 N–H and O–H groups in total. The van der Waals surface area contributed by atoms with Crippen LogP contribution >= 0.6 is 0 Å². The predicted molar refractivity (Wildman–Crippen MR) is 62.6 cm³/mol. The highest BCUT2D eigenvalue weighted by Gasteiger charge is 2.49. The summed E-state index contributed by atoms with van der Waals surface area (Å²) < 4.78 is 10.7. The number of rotatable bonds is 4. The molecule has 0 aromatic carbocycles. The zero-order valence-corrected chi connectivity index (χ0v) is 11.0. The normalized spacial score (nSPS) is 21.3. The van der Waals surface area contributed by atoms with Gasteiger partial charge in [0.05, 0.1) is 18.8 Å². The molecule has 1 rings (SSSR count). The standard InChI is InChI=1S/C12H21NO4/c1-11(2)9-17-12(3,4)13(11)10(15)16-8-6-5-7-14/h7H,5-6,8-9H2,1-4H3. The molecule has 1 aliphatic rings. The van der Waals surface area contributed by atoms with Crippen molar-refractivity contribution in [2.75, 3.05) is 13.2 Å². The quantitative estimate of drug-likeness (QED) is 0.559. The molecule has 0 atom stereocenters. The van der Waals surface area contributed by atoms with E-state index in [2.05, 4.69) is 0 Å². The molecule has 0 aromatic heterocycles. The highest BCUT2D eigenvalue weighted by atomic mass is 16.6. The second-order valence-corrected chi connectivity index (χ2v) is 5.31. The van der Waals surface area contributed by atoms with Crippen molar-refractivity contribution in [1.29, 1.82) is 0 Å². The van der Waals surface area contributed by atoms with E-state index in [1.54, 1.807) is 4.90 Å². The maximum Gasteiger partial charge on any atom is 0.412 e. The largest absolute Gasteiger partial charge is 0.449 e. The van der Waals surface area contributed by atoms with E-state index in [-0.39, 0.29) is 18.2 Å². The first-order valence-electron chi connectivity index (χ1n) is 5.86. The van der Waals surface area contributed by atoms with Crippen molar-refractivity contribution in [1.82, 2.24) is 4.90 Å². The molecule has 0 saturated carbocycles. The van der Waals surface area contributed by atoms with Gasteiger partial charge in [-0.25, -0.2) is 4.79 Å². The minimum Gasteiger partial charge on any atom is -0.449 e. The molecule has 1 amide bonds.